The lowest BCUT2D eigenvalue weighted by Gasteiger charge is -2.27. The van der Waals surface area contributed by atoms with Crippen LogP contribution in [0, 0.1) is 0 Å². The molecule has 0 fully saturated rings. The van der Waals surface area contributed by atoms with Crippen molar-refractivity contribution < 1.29 is 0 Å². The van der Waals surface area contributed by atoms with E-state index in [1.165, 1.54) is 47.8 Å². The summed E-state index contributed by atoms with van der Waals surface area (Å²) in [5.74, 6) is 0.996. The van der Waals surface area contributed by atoms with Crippen LogP contribution in [0.3, 0.4) is 0 Å². The van der Waals surface area contributed by atoms with Crippen LogP contribution in [0.4, 0.5) is 0 Å². The maximum Gasteiger partial charge on any atom is 0.112 e. The molecule has 0 heterocycles. The molecule has 0 aliphatic carbocycles. The van der Waals surface area contributed by atoms with Crippen molar-refractivity contribution in [3.05, 3.63) is 91.0 Å². The Balaban J connectivity index is 2.06. The molecular weight excluding hydrogens is 351 g/mol. The van der Waals surface area contributed by atoms with Crippen LogP contribution in [0.1, 0.15) is 25.7 Å². The lowest BCUT2D eigenvalue weighted by molar-refractivity contribution is 0.710. The van der Waals surface area contributed by atoms with E-state index in [2.05, 4.69) is 104 Å². The Kier molecular flexibility index (Phi) is 7.35. The van der Waals surface area contributed by atoms with Crippen molar-refractivity contribution in [2.45, 2.75) is 25.7 Å². The lowest BCUT2D eigenvalue weighted by atomic mass is 10.2. The van der Waals surface area contributed by atoms with E-state index in [0.717, 1.165) is 5.75 Å². The summed E-state index contributed by atoms with van der Waals surface area (Å²) in [6, 6.07) is 33.5. The van der Waals surface area contributed by atoms with E-state index in [1.54, 1.807) is 0 Å². The molecule has 0 aromatic heterocycles. The normalized spacial score (nSPS) is 11.4. The topological polar surface area (TPSA) is 0 Å². The maximum absolute atomic E-state index is 4.36. The Morgan fingerprint density at radius 1 is 0.500 bits per heavy atom. The summed E-state index contributed by atoms with van der Waals surface area (Å²) < 4.78 is 0. The predicted molar refractivity (Wildman–Crippen MR) is 122 cm³/mol. The minimum absolute atomic E-state index is 0.996. The van der Waals surface area contributed by atoms with Crippen molar-refractivity contribution in [1.29, 1.82) is 0 Å². The third kappa shape index (κ3) is 4.40. The Labute approximate surface area is 164 Å². The van der Waals surface area contributed by atoms with Crippen molar-refractivity contribution in [2.75, 3.05) is 11.9 Å². The molecule has 0 bridgehead atoms. The van der Waals surface area contributed by atoms with Gasteiger partial charge in [-0.05, 0) is 61.4 Å². The van der Waals surface area contributed by atoms with E-state index >= 15 is 0 Å². The monoisotopic (exact) mass is 379 g/mol. The van der Waals surface area contributed by atoms with Crippen LogP contribution in [0.2, 0.25) is 0 Å². The molecule has 3 aromatic carbocycles. The van der Waals surface area contributed by atoms with Crippen LogP contribution in [-0.2, 0) is 0 Å². The summed E-state index contributed by atoms with van der Waals surface area (Å²) in [6.45, 7) is 0. The van der Waals surface area contributed by atoms with Gasteiger partial charge in [0, 0.05) is 0 Å². The van der Waals surface area contributed by atoms with Crippen molar-refractivity contribution in [3.8, 4) is 0 Å². The largest absolute Gasteiger partial charge is 0.179 e. The van der Waals surface area contributed by atoms with Crippen LogP contribution >= 0.6 is 19.9 Å². The Morgan fingerprint density at radius 3 is 1.27 bits per heavy atom. The number of unbranched alkanes of at least 4 members (excludes halogenated alkanes) is 3. The maximum atomic E-state index is 4.36. The molecule has 0 unspecified atom stereocenters. The summed E-state index contributed by atoms with van der Waals surface area (Å²) in [5, 5.41) is 4.48. The van der Waals surface area contributed by atoms with Crippen molar-refractivity contribution in [2.24, 2.45) is 0 Å². The molecular formula is C24H28PS+. The molecule has 0 N–H and O–H groups in total. The van der Waals surface area contributed by atoms with Gasteiger partial charge in [-0.3, -0.25) is 0 Å². The summed E-state index contributed by atoms with van der Waals surface area (Å²) in [5.41, 5.74) is 0. The molecule has 0 saturated heterocycles. The fraction of sp³-hybridized carbons (Fsp3) is 0.250. The van der Waals surface area contributed by atoms with Gasteiger partial charge >= 0.3 is 0 Å². The first-order chi connectivity index (χ1) is 12.9. The second-order valence-electron chi connectivity index (χ2n) is 6.68. The average molecular weight is 380 g/mol. The van der Waals surface area contributed by atoms with Gasteiger partial charge in [0.25, 0.3) is 0 Å². The van der Waals surface area contributed by atoms with Gasteiger partial charge in [-0.1, -0.05) is 61.0 Å². The quantitative estimate of drug-likeness (QED) is 0.284. The number of hydrogen-bond acceptors (Lipinski definition) is 1. The van der Waals surface area contributed by atoms with Crippen LogP contribution in [0.5, 0.6) is 0 Å². The second kappa shape index (κ2) is 9.95. The van der Waals surface area contributed by atoms with Crippen LogP contribution < -0.4 is 15.9 Å². The molecule has 3 rings (SSSR count). The van der Waals surface area contributed by atoms with Crippen molar-refractivity contribution in [3.63, 3.8) is 0 Å². The summed E-state index contributed by atoms with van der Waals surface area (Å²) >= 11 is 4.36. The average Bonchev–Trinajstić information content (AvgIpc) is 2.73. The highest BCUT2D eigenvalue weighted by Crippen LogP contribution is 2.55. The second-order valence-corrected chi connectivity index (χ2v) is 10.7. The van der Waals surface area contributed by atoms with E-state index in [-0.39, 0.29) is 0 Å². The molecule has 0 amide bonds. The van der Waals surface area contributed by atoms with Gasteiger partial charge in [-0.25, -0.2) is 0 Å². The van der Waals surface area contributed by atoms with Gasteiger partial charge in [-0.15, -0.1) is 0 Å². The molecule has 0 atom stereocenters. The molecule has 0 saturated carbocycles. The molecule has 26 heavy (non-hydrogen) atoms. The van der Waals surface area contributed by atoms with Gasteiger partial charge in [-0.2, -0.15) is 12.6 Å². The van der Waals surface area contributed by atoms with Gasteiger partial charge < -0.3 is 0 Å². The zero-order chi connectivity index (χ0) is 18.1. The summed E-state index contributed by atoms with van der Waals surface area (Å²) in [6.07, 6.45) is 6.28. The van der Waals surface area contributed by atoms with Gasteiger partial charge in [0.15, 0.2) is 0 Å². The summed E-state index contributed by atoms with van der Waals surface area (Å²) in [4.78, 5) is 0. The van der Waals surface area contributed by atoms with Crippen molar-refractivity contribution >= 4 is 35.8 Å². The Hall–Kier alpha value is -1.56. The van der Waals surface area contributed by atoms with Gasteiger partial charge in [0.1, 0.15) is 23.2 Å². The molecule has 3 aromatic rings. The third-order valence-electron chi connectivity index (χ3n) is 4.99. The highest BCUT2D eigenvalue weighted by molar-refractivity contribution is 7.95. The van der Waals surface area contributed by atoms with E-state index in [4.69, 9.17) is 0 Å². The number of hydrogen-bond donors (Lipinski definition) is 1. The highest BCUT2D eigenvalue weighted by atomic mass is 32.1. The first kappa shape index (κ1) is 19.2. The van der Waals surface area contributed by atoms with Crippen molar-refractivity contribution in [1.82, 2.24) is 0 Å². The molecule has 0 radical (unpaired) electrons. The molecule has 134 valence electrons. The first-order valence-corrected chi connectivity index (χ1v) is 12.1. The van der Waals surface area contributed by atoms with Gasteiger partial charge in [0.2, 0.25) is 0 Å². The molecule has 0 aliphatic heterocycles. The third-order valence-corrected chi connectivity index (χ3v) is 9.83. The molecule has 0 spiro atoms. The van der Waals surface area contributed by atoms with Gasteiger partial charge in [0.05, 0.1) is 6.16 Å². The minimum Gasteiger partial charge on any atom is -0.179 e. The smallest absolute Gasteiger partial charge is 0.112 e. The lowest BCUT2D eigenvalue weighted by Crippen LogP contribution is -2.33. The first-order valence-electron chi connectivity index (χ1n) is 9.54. The predicted octanol–water partition coefficient (Wildman–Crippen LogP) is 5.47. The van der Waals surface area contributed by atoms with E-state index in [1.807, 2.05) is 0 Å². The molecule has 2 heteroatoms. The zero-order valence-corrected chi connectivity index (χ0v) is 17.1. The highest BCUT2D eigenvalue weighted by Gasteiger charge is 2.44. The molecule has 0 aliphatic rings. The van der Waals surface area contributed by atoms with Crippen LogP contribution in [0.15, 0.2) is 91.0 Å². The Morgan fingerprint density at radius 2 is 0.885 bits per heavy atom. The van der Waals surface area contributed by atoms with E-state index in [0.29, 0.717) is 0 Å². The summed E-state index contributed by atoms with van der Waals surface area (Å²) in [7, 11) is -1.62. The number of thiol groups is 1. The fourth-order valence-corrected chi connectivity index (χ4v) is 8.33. The van der Waals surface area contributed by atoms with E-state index < -0.39 is 7.26 Å². The van der Waals surface area contributed by atoms with Crippen LogP contribution in [0.25, 0.3) is 0 Å². The minimum atomic E-state index is -1.62. The SMILES string of the molecule is SCCCCCC[P+](c1ccccc1)(c1ccccc1)c1ccccc1. The zero-order valence-electron chi connectivity index (χ0n) is 15.3. The van der Waals surface area contributed by atoms with E-state index in [9.17, 15) is 0 Å². The van der Waals surface area contributed by atoms with Crippen LogP contribution in [-0.4, -0.2) is 11.9 Å². The number of rotatable bonds is 9. The standard InChI is InChI=1S/C24H27PS/c26-21-13-2-1-12-20-25(22-14-6-3-7-15-22,23-16-8-4-9-17-23)24-18-10-5-11-19-24/h3-11,14-19H,1-2,12-13,20-21H2/p+1. The Bertz CT molecular complexity index is 659. The fourth-order valence-electron chi connectivity index (χ4n) is 3.70. The number of benzene rings is 3. The molecule has 0 nitrogen and oxygen atoms in total.